The first-order valence-corrected chi connectivity index (χ1v) is 10.7. The Balaban J connectivity index is 1.28. The highest BCUT2D eigenvalue weighted by Crippen LogP contribution is 2.45. The summed E-state index contributed by atoms with van der Waals surface area (Å²) in [6, 6.07) is 7.20. The number of nitrogens with one attached hydrogen (secondary N) is 2. The normalized spacial score (nSPS) is 24.3. The molecule has 1 aromatic carbocycles. The van der Waals surface area contributed by atoms with Crippen molar-refractivity contribution in [2.24, 2.45) is 5.92 Å². The molecule has 0 spiro atoms. The number of likely N-dealkylation sites (N-methyl/N-ethyl adjacent to an activating group) is 1. The molecule has 146 valence electrons. The van der Waals surface area contributed by atoms with Crippen molar-refractivity contribution in [2.45, 2.75) is 44.6 Å². The number of benzene rings is 1. The highest BCUT2D eigenvalue weighted by Gasteiger charge is 2.39. The van der Waals surface area contributed by atoms with Crippen molar-refractivity contribution < 1.29 is 4.79 Å². The zero-order valence-corrected chi connectivity index (χ0v) is 17.1. The van der Waals surface area contributed by atoms with E-state index in [2.05, 4.69) is 56.0 Å². The zero-order chi connectivity index (χ0) is 19.3. The van der Waals surface area contributed by atoms with Crippen LogP contribution >= 0.6 is 11.5 Å². The first kappa shape index (κ1) is 17.8. The van der Waals surface area contributed by atoms with Crippen LogP contribution in [0.3, 0.4) is 0 Å². The van der Waals surface area contributed by atoms with Gasteiger partial charge in [-0.15, -0.1) is 0 Å². The molecule has 1 saturated heterocycles. The van der Waals surface area contributed by atoms with Crippen LogP contribution in [0.5, 0.6) is 0 Å². The quantitative estimate of drug-likeness (QED) is 0.706. The summed E-state index contributed by atoms with van der Waals surface area (Å²) in [7, 11) is 2.24. The van der Waals surface area contributed by atoms with E-state index in [1.54, 1.807) is 0 Å². The molecular weight excluding hydrogens is 370 g/mol. The Kier molecular flexibility index (Phi) is 4.44. The monoisotopic (exact) mass is 395 g/mol. The van der Waals surface area contributed by atoms with Crippen molar-refractivity contribution in [3.05, 3.63) is 41.3 Å². The number of nitrogens with zero attached hydrogens (tertiary/aromatic N) is 3. The van der Waals surface area contributed by atoms with Gasteiger partial charge in [0.1, 0.15) is 5.82 Å². The Morgan fingerprint density at radius 1 is 1.43 bits per heavy atom. The second kappa shape index (κ2) is 6.97. The number of hydrogen-bond acceptors (Lipinski definition) is 5. The molecule has 0 saturated carbocycles. The smallest absolute Gasteiger partial charge is 0.226 e. The number of aromatic nitrogens is 3. The predicted octanol–water partition coefficient (Wildman–Crippen LogP) is 3.71. The lowest BCUT2D eigenvalue weighted by molar-refractivity contribution is -0.116. The summed E-state index contributed by atoms with van der Waals surface area (Å²) >= 11 is 1.24. The summed E-state index contributed by atoms with van der Waals surface area (Å²) < 4.78 is 4.11. The van der Waals surface area contributed by atoms with Crippen LogP contribution in [-0.4, -0.2) is 44.8 Å². The van der Waals surface area contributed by atoms with Crippen molar-refractivity contribution in [2.75, 3.05) is 18.9 Å². The Morgan fingerprint density at radius 2 is 2.32 bits per heavy atom. The van der Waals surface area contributed by atoms with E-state index in [1.165, 1.54) is 33.6 Å². The molecule has 2 aromatic heterocycles. The average molecular weight is 396 g/mol. The molecule has 1 aliphatic heterocycles. The molecule has 3 atom stereocenters. The fourth-order valence-electron chi connectivity index (χ4n) is 5.13. The van der Waals surface area contributed by atoms with E-state index in [4.69, 9.17) is 0 Å². The number of carbonyl (C=O) groups excluding carboxylic acids is 1. The molecule has 7 heteroatoms. The minimum absolute atomic E-state index is 0.0413. The highest BCUT2D eigenvalue weighted by molar-refractivity contribution is 7.09. The van der Waals surface area contributed by atoms with Gasteiger partial charge in [-0.05, 0) is 56.3 Å². The van der Waals surface area contributed by atoms with E-state index in [1.807, 2.05) is 6.92 Å². The summed E-state index contributed by atoms with van der Waals surface area (Å²) in [5.74, 6) is 1.82. The van der Waals surface area contributed by atoms with Gasteiger partial charge in [0.15, 0.2) is 0 Å². The van der Waals surface area contributed by atoms with Crippen LogP contribution in [0, 0.1) is 12.8 Å². The third-order valence-electron chi connectivity index (χ3n) is 6.37. The lowest BCUT2D eigenvalue weighted by Gasteiger charge is -2.45. The topological polar surface area (TPSA) is 73.9 Å². The Hall–Kier alpha value is -2.25. The molecule has 5 rings (SSSR count). The number of rotatable bonds is 4. The fraction of sp³-hybridized carbons (Fsp3) is 0.476. The molecule has 1 fully saturated rings. The van der Waals surface area contributed by atoms with Crippen molar-refractivity contribution in [3.8, 4) is 0 Å². The third-order valence-corrected chi connectivity index (χ3v) is 7.09. The molecule has 2 aliphatic rings. The van der Waals surface area contributed by atoms with Gasteiger partial charge in [-0.2, -0.15) is 4.37 Å². The molecule has 0 radical (unpaired) electrons. The van der Waals surface area contributed by atoms with Gasteiger partial charge in [0.05, 0.1) is 0 Å². The SMILES string of the molecule is Cc1nsc(NC(=O)CCC2C[C@@H]3c4cccc5[nH]cc(c45)C[C@H]3N(C)C2)n1. The van der Waals surface area contributed by atoms with Gasteiger partial charge in [0, 0.05) is 53.6 Å². The number of aromatic amines is 1. The van der Waals surface area contributed by atoms with Crippen LogP contribution in [0.2, 0.25) is 0 Å². The van der Waals surface area contributed by atoms with Gasteiger partial charge in [0.2, 0.25) is 11.0 Å². The van der Waals surface area contributed by atoms with Crippen LogP contribution < -0.4 is 5.32 Å². The average Bonchev–Trinajstić information content (AvgIpc) is 3.28. The van der Waals surface area contributed by atoms with Gasteiger partial charge in [-0.3, -0.25) is 4.79 Å². The highest BCUT2D eigenvalue weighted by atomic mass is 32.1. The van der Waals surface area contributed by atoms with Crippen molar-refractivity contribution in [1.29, 1.82) is 0 Å². The number of anilines is 1. The Labute approximate surface area is 168 Å². The summed E-state index contributed by atoms with van der Waals surface area (Å²) in [4.78, 5) is 22.5. The second-order valence-electron chi connectivity index (χ2n) is 8.24. The number of fused-ring (bicyclic) bond motifs is 2. The number of carbonyl (C=O) groups is 1. The van der Waals surface area contributed by atoms with Crippen LogP contribution in [0.25, 0.3) is 10.9 Å². The lowest BCUT2D eigenvalue weighted by Crippen LogP contribution is -2.47. The third kappa shape index (κ3) is 3.12. The van der Waals surface area contributed by atoms with Crippen molar-refractivity contribution in [3.63, 3.8) is 0 Å². The first-order chi connectivity index (χ1) is 13.6. The number of H-pyrrole nitrogens is 1. The number of amides is 1. The minimum Gasteiger partial charge on any atom is -0.361 e. The number of likely N-dealkylation sites (tertiary alicyclic amines) is 1. The molecule has 28 heavy (non-hydrogen) atoms. The Morgan fingerprint density at radius 3 is 3.14 bits per heavy atom. The number of aryl methyl sites for hydroxylation is 1. The summed E-state index contributed by atoms with van der Waals surface area (Å²) in [6.45, 7) is 2.89. The van der Waals surface area contributed by atoms with Crippen molar-refractivity contribution in [1.82, 2.24) is 19.2 Å². The molecule has 3 heterocycles. The standard InChI is InChI=1S/C21H25N5OS/c1-12-23-21(28-25-12)24-19(27)7-6-13-8-16-15-4-3-5-17-20(15)14(10-22-17)9-18(16)26(2)11-13/h3-5,10,13,16,18,22H,6-9,11H2,1-2H3,(H,23,24,25,27)/t13?,16-,18-/m1/s1. The van der Waals surface area contributed by atoms with E-state index in [0.717, 1.165) is 25.8 Å². The van der Waals surface area contributed by atoms with Crippen molar-refractivity contribution >= 4 is 33.5 Å². The van der Waals surface area contributed by atoms with Gasteiger partial charge in [0.25, 0.3) is 0 Å². The maximum Gasteiger partial charge on any atom is 0.226 e. The largest absolute Gasteiger partial charge is 0.361 e. The van der Waals surface area contributed by atoms with Crippen LogP contribution in [0.15, 0.2) is 24.4 Å². The van der Waals surface area contributed by atoms with E-state index < -0.39 is 0 Å². The van der Waals surface area contributed by atoms with Gasteiger partial charge in [-0.25, -0.2) is 4.98 Å². The minimum atomic E-state index is 0.0413. The predicted molar refractivity (Wildman–Crippen MR) is 112 cm³/mol. The lowest BCUT2D eigenvalue weighted by atomic mass is 9.71. The molecule has 1 unspecified atom stereocenters. The summed E-state index contributed by atoms with van der Waals surface area (Å²) in [5.41, 5.74) is 4.18. The van der Waals surface area contributed by atoms with Crippen LogP contribution in [0.1, 0.15) is 42.1 Å². The van der Waals surface area contributed by atoms with E-state index in [0.29, 0.717) is 35.3 Å². The number of hydrogen-bond donors (Lipinski definition) is 2. The van der Waals surface area contributed by atoms with Crippen LogP contribution in [-0.2, 0) is 11.2 Å². The maximum absolute atomic E-state index is 12.3. The maximum atomic E-state index is 12.3. The van der Waals surface area contributed by atoms with Gasteiger partial charge in [-0.1, -0.05) is 12.1 Å². The van der Waals surface area contributed by atoms with E-state index in [-0.39, 0.29) is 5.91 Å². The second-order valence-corrected chi connectivity index (χ2v) is 8.99. The number of piperidine rings is 1. The summed E-state index contributed by atoms with van der Waals surface area (Å²) in [6.07, 6.45) is 5.90. The van der Waals surface area contributed by atoms with Gasteiger partial charge >= 0.3 is 0 Å². The Bertz CT molecular complexity index is 1020. The molecule has 6 nitrogen and oxygen atoms in total. The molecule has 1 aliphatic carbocycles. The van der Waals surface area contributed by atoms with E-state index in [9.17, 15) is 4.79 Å². The first-order valence-electron chi connectivity index (χ1n) is 9.98. The zero-order valence-electron chi connectivity index (χ0n) is 16.2. The van der Waals surface area contributed by atoms with E-state index >= 15 is 0 Å². The molecule has 2 N–H and O–H groups in total. The molecule has 3 aromatic rings. The molecule has 0 bridgehead atoms. The molecule has 1 amide bonds. The fourth-order valence-corrected chi connectivity index (χ4v) is 5.72. The summed E-state index contributed by atoms with van der Waals surface area (Å²) in [5, 5.41) is 4.92. The molecular formula is C21H25N5OS. The van der Waals surface area contributed by atoms with Gasteiger partial charge < -0.3 is 15.2 Å². The van der Waals surface area contributed by atoms with Crippen LogP contribution in [0.4, 0.5) is 5.13 Å².